The molecule has 0 radical (unpaired) electrons. The van der Waals surface area contributed by atoms with E-state index in [0.717, 1.165) is 0 Å². The molecule has 7 heteroatoms. The van der Waals surface area contributed by atoms with E-state index in [1.54, 1.807) is 47.6 Å². The molecule has 0 heterocycles. The van der Waals surface area contributed by atoms with E-state index in [1.807, 2.05) is 0 Å². The summed E-state index contributed by atoms with van der Waals surface area (Å²) < 4.78 is 0. The lowest BCUT2D eigenvalue weighted by Gasteiger charge is -2.28. The summed E-state index contributed by atoms with van der Waals surface area (Å²) in [6.07, 6.45) is -0.844. The van der Waals surface area contributed by atoms with Gasteiger partial charge in [0, 0.05) is 28.5 Å². The van der Waals surface area contributed by atoms with Gasteiger partial charge in [0.15, 0.2) is 0 Å². The monoisotopic (exact) mass is 335 g/mol. The van der Waals surface area contributed by atoms with Crippen LogP contribution in [0, 0.1) is 20.9 Å². The van der Waals surface area contributed by atoms with Crippen LogP contribution in [0.3, 0.4) is 0 Å². The quantitative estimate of drug-likeness (QED) is 0.502. The molecule has 1 aromatic carbocycles. The standard InChI is InChI=1S/C17H25N3O4/c1-16(2,3)14(21)18-13(19-15(22)17(4,5)6)11-8-7-9-12(10-11)20(23)24/h7-10,13H,1-6H3,(H,18,21)(H,19,22). The first-order valence-electron chi connectivity index (χ1n) is 7.68. The third-order valence-electron chi connectivity index (χ3n) is 3.33. The molecule has 2 amide bonds. The van der Waals surface area contributed by atoms with Gasteiger partial charge >= 0.3 is 0 Å². The minimum atomic E-state index is -0.844. The Bertz CT molecular complexity index is 614. The smallest absolute Gasteiger partial charge is 0.269 e. The van der Waals surface area contributed by atoms with Crippen molar-refractivity contribution in [3.63, 3.8) is 0 Å². The van der Waals surface area contributed by atoms with Gasteiger partial charge in [0.1, 0.15) is 6.17 Å². The average Bonchev–Trinajstić information content (AvgIpc) is 2.44. The lowest BCUT2D eigenvalue weighted by molar-refractivity contribution is -0.384. The number of benzene rings is 1. The lowest BCUT2D eigenvalue weighted by atomic mass is 9.94. The molecule has 2 N–H and O–H groups in total. The molecule has 0 aliphatic heterocycles. The fraction of sp³-hybridized carbons (Fsp3) is 0.529. The predicted octanol–water partition coefficient (Wildman–Crippen LogP) is 2.92. The van der Waals surface area contributed by atoms with E-state index in [4.69, 9.17) is 0 Å². The number of carbonyl (C=O) groups excluding carboxylic acids is 2. The summed E-state index contributed by atoms with van der Waals surface area (Å²) in [5.74, 6) is -0.540. The molecule has 0 bridgehead atoms. The maximum atomic E-state index is 12.3. The van der Waals surface area contributed by atoms with Gasteiger partial charge in [-0.2, -0.15) is 0 Å². The molecule has 24 heavy (non-hydrogen) atoms. The van der Waals surface area contributed by atoms with Crippen LogP contribution in [0.1, 0.15) is 53.3 Å². The van der Waals surface area contributed by atoms with E-state index in [2.05, 4.69) is 10.6 Å². The molecule has 0 saturated carbocycles. The SMILES string of the molecule is CC(C)(C)C(=O)NC(NC(=O)C(C)(C)C)c1cccc([N+](=O)[O-])c1. The van der Waals surface area contributed by atoms with Crippen molar-refractivity contribution in [2.75, 3.05) is 0 Å². The van der Waals surface area contributed by atoms with Crippen molar-refractivity contribution >= 4 is 17.5 Å². The number of carbonyl (C=O) groups is 2. The first-order chi connectivity index (χ1) is 10.8. The van der Waals surface area contributed by atoms with Crippen LogP contribution >= 0.6 is 0 Å². The Hall–Kier alpha value is -2.44. The lowest BCUT2D eigenvalue weighted by Crippen LogP contribution is -2.47. The van der Waals surface area contributed by atoms with E-state index >= 15 is 0 Å². The number of hydrogen-bond acceptors (Lipinski definition) is 4. The van der Waals surface area contributed by atoms with Crippen LogP contribution < -0.4 is 10.6 Å². The highest BCUT2D eigenvalue weighted by Crippen LogP contribution is 2.22. The molecule has 0 atom stereocenters. The summed E-state index contributed by atoms with van der Waals surface area (Å²) >= 11 is 0. The van der Waals surface area contributed by atoms with Gasteiger partial charge in [0.2, 0.25) is 11.8 Å². The van der Waals surface area contributed by atoms with Gasteiger partial charge in [-0.25, -0.2) is 0 Å². The average molecular weight is 335 g/mol. The zero-order chi connectivity index (χ0) is 18.7. The molecule has 0 spiro atoms. The molecule has 0 aliphatic rings. The molecule has 0 fully saturated rings. The zero-order valence-corrected chi connectivity index (χ0v) is 15.0. The summed E-state index contributed by atoms with van der Waals surface area (Å²) in [4.78, 5) is 35.1. The summed E-state index contributed by atoms with van der Waals surface area (Å²) in [6.45, 7) is 10.5. The normalized spacial score (nSPS) is 12.0. The van der Waals surface area contributed by atoms with Crippen molar-refractivity contribution in [2.24, 2.45) is 10.8 Å². The second-order valence-electron chi connectivity index (χ2n) is 7.73. The van der Waals surface area contributed by atoms with Crippen LogP contribution in [0.25, 0.3) is 0 Å². The van der Waals surface area contributed by atoms with Gasteiger partial charge in [-0.1, -0.05) is 53.7 Å². The first kappa shape index (κ1) is 19.6. The van der Waals surface area contributed by atoms with Gasteiger partial charge in [-0.05, 0) is 0 Å². The number of nitro benzene ring substituents is 1. The summed E-state index contributed by atoms with van der Waals surface area (Å²) in [7, 11) is 0. The van der Waals surface area contributed by atoms with E-state index in [-0.39, 0.29) is 17.5 Å². The molecule has 0 aromatic heterocycles. The maximum Gasteiger partial charge on any atom is 0.269 e. The number of nitro groups is 1. The fourth-order valence-electron chi connectivity index (χ4n) is 1.72. The summed E-state index contributed by atoms with van der Waals surface area (Å²) in [5, 5.41) is 16.5. The third-order valence-corrected chi connectivity index (χ3v) is 3.33. The Morgan fingerprint density at radius 1 is 1.00 bits per heavy atom. The molecule has 132 valence electrons. The minimum Gasteiger partial charge on any atom is -0.332 e. The van der Waals surface area contributed by atoms with Crippen molar-refractivity contribution < 1.29 is 14.5 Å². The number of amides is 2. The van der Waals surface area contributed by atoms with E-state index in [0.29, 0.717) is 5.56 Å². The van der Waals surface area contributed by atoms with Crippen LogP contribution in [0.2, 0.25) is 0 Å². The molecular formula is C17H25N3O4. The highest BCUT2D eigenvalue weighted by Gasteiger charge is 2.29. The number of nitrogens with zero attached hydrogens (tertiary/aromatic N) is 1. The number of rotatable bonds is 4. The topological polar surface area (TPSA) is 101 Å². The van der Waals surface area contributed by atoms with E-state index in [9.17, 15) is 19.7 Å². The van der Waals surface area contributed by atoms with Crippen LogP contribution in [-0.2, 0) is 9.59 Å². The van der Waals surface area contributed by atoms with Crippen molar-refractivity contribution in [3.05, 3.63) is 39.9 Å². The Balaban J connectivity index is 3.18. The van der Waals surface area contributed by atoms with Crippen molar-refractivity contribution in [1.82, 2.24) is 10.6 Å². The molecule has 0 aliphatic carbocycles. The van der Waals surface area contributed by atoms with Crippen molar-refractivity contribution in [3.8, 4) is 0 Å². The Morgan fingerprint density at radius 2 is 1.46 bits per heavy atom. The zero-order valence-electron chi connectivity index (χ0n) is 15.0. The number of nitrogens with one attached hydrogen (secondary N) is 2. The van der Waals surface area contributed by atoms with Gasteiger partial charge in [0.05, 0.1) is 4.92 Å². The van der Waals surface area contributed by atoms with Gasteiger partial charge < -0.3 is 10.6 Å². The van der Waals surface area contributed by atoms with Crippen LogP contribution in [-0.4, -0.2) is 16.7 Å². The first-order valence-corrected chi connectivity index (χ1v) is 7.68. The molecule has 1 aromatic rings. The highest BCUT2D eigenvalue weighted by molar-refractivity contribution is 5.84. The molecule has 0 saturated heterocycles. The molecule has 0 unspecified atom stereocenters. The predicted molar refractivity (Wildman–Crippen MR) is 91.0 cm³/mol. The van der Waals surface area contributed by atoms with Gasteiger partial charge in [-0.15, -0.1) is 0 Å². The van der Waals surface area contributed by atoms with E-state index < -0.39 is 21.9 Å². The van der Waals surface area contributed by atoms with Crippen molar-refractivity contribution in [2.45, 2.75) is 47.7 Å². The summed E-state index contributed by atoms with van der Waals surface area (Å²) in [5.41, 5.74) is -0.983. The molecule has 1 rings (SSSR count). The molecule has 7 nitrogen and oxygen atoms in total. The van der Waals surface area contributed by atoms with Crippen molar-refractivity contribution in [1.29, 1.82) is 0 Å². The Labute approximate surface area is 142 Å². The second kappa shape index (κ2) is 6.98. The summed E-state index contributed by atoms with van der Waals surface area (Å²) in [6, 6.07) is 5.85. The Kier molecular flexibility index (Phi) is 5.71. The minimum absolute atomic E-state index is 0.104. The van der Waals surface area contributed by atoms with Gasteiger partial charge in [-0.3, -0.25) is 19.7 Å². The van der Waals surface area contributed by atoms with Gasteiger partial charge in [0.25, 0.3) is 5.69 Å². The maximum absolute atomic E-state index is 12.3. The van der Waals surface area contributed by atoms with Crippen LogP contribution in [0.15, 0.2) is 24.3 Å². The van der Waals surface area contributed by atoms with E-state index in [1.165, 1.54) is 18.2 Å². The fourth-order valence-corrected chi connectivity index (χ4v) is 1.72. The number of hydrogen-bond donors (Lipinski definition) is 2. The number of non-ortho nitro benzene ring substituents is 1. The third kappa shape index (κ3) is 5.33. The highest BCUT2D eigenvalue weighted by atomic mass is 16.6. The molecular weight excluding hydrogens is 310 g/mol. The Morgan fingerprint density at radius 3 is 1.83 bits per heavy atom. The van der Waals surface area contributed by atoms with Crippen LogP contribution in [0.4, 0.5) is 5.69 Å². The second-order valence-corrected chi connectivity index (χ2v) is 7.73. The van der Waals surface area contributed by atoms with Crippen LogP contribution in [0.5, 0.6) is 0 Å². The largest absolute Gasteiger partial charge is 0.332 e.